The molecule has 0 bridgehead atoms. The Morgan fingerprint density at radius 1 is 1.03 bits per heavy atom. The molecule has 2 aromatic heterocycles. The topological polar surface area (TPSA) is 68.3 Å². The Morgan fingerprint density at radius 2 is 1.78 bits per heavy atom. The predicted octanol–water partition coefficient (Wildman–Crippen LogP) is 4.57. The van der Waals surface area contributed by atoms with E-state index in [0.717, 1.165) is 23.3 Å². The summed E-state index contributed by atoms with van der Waals surface area (Å²) in [5, 5.41) is 7.80. The molecule has 2 N–H and O–H groups in total. The Morgan fingerprint density at radius 3 is 2.53 bits per heavy atom. The fourth-order valence-corrected chi connectivity index (χ4v) is 5.75. The summed E-state index contributed by atoms with van der Waals surface area (Å²) in [6, 6.07) is 14.9. The third-order valence-electron chi connectivity index (χ3n) is 5.41. The van der Waals surface area contributed by atoms with E-state index in [1.807, 2.05) is 26.1 Å². The van der Waals surface area contributed by atoms with Crippen LogP contribution in [0.1, 0.15) is 28.8 Å². The van der Waals surface area contributed by atoms with Crippen LogP contribution in [0.2, 0.25) is 0 Å². The summed E-state index contributed by atoms with van der Waals surface area (Å²) >= 11 is 0.285. The molecule has 0 aliphatic heterocycles. The van der Waals surface area contributed by atoms with Crippen molar-refractivity contribution in [3.63, 3.8) is 0 Å². The van der Waals surface area contributed by atoms with E-state index in [2.05, 4.69) is 57.8 Å². The van der Waals surface area contributed by atoms with Gasteiger partial charge in [0.05, 0.1) is 0 Å². The van der Waals surface area contributed by atoms with Gasteiger partial charge in [-0.15, -0.1) is 0 Å². The number of fused-ring (bicyclic) bond motifs is 1. The van der Waals surface area contributed by atoms with Crippen LogP contribution in [0.25, 0.3) is 22.0 Å². The van der Waals surface area contributed by atoms with Crippen LogP contribution in [-0.2, 0) is 6.54 Å². The molecule has 1 unspecified atom stereocenters. The Bertz CT molecular complexity index is 1240. The molecular formula is C25H28N4O2Se. The van der Waals surface area contributed by atoms with Crippen LogP contribution in [0.15, 0.2) is 47.4 Å². The summed E-state index contributed by atoms with van der Waals surface area (Å²) < 4.78 is 12.3. The molecule has 4 aromatic rings. The summed E-state index contributed by atoms with van der Waals surface area (Å²) in [7, 11) is 5.25. The molecule has 0 saturated heterocycles. The average Bonchev–Trinajstić information content (AvgIpc) is 3.29. The zero-order chi connectivity index (χ0) is 22.7. The van der Waals surface area contributed by atoms with Gasteiger partial charge in [-0.3, -0.25) is 0 Å². The maximum atomic E-state index is 5.50. The quantitative estimate of drug-likeness (QED) is 0.349. The van der Waals surface area contributed by atoms with E-state index in [1.54, 1.807) is 14.2 Å². The minimum absolute atomic E-state index is 0.144. The molecule has 2 aromatic carbocycles. The van der Waals surface area contributed by atoms with Crippen molar-refractivity contribution in [3.8, 4) is 22.6 Å². The standard InChI is InChI=1S/C25H28N4O2Se/c1-15(24-10-18(14-32-24)19-9-7-6-8-17(19)13-26-3)27-25-20-11-22(30-4)23(31-5)12-21(20)28-16(2)29-25/h6-12,14-15,26H,13H2,1-5H3,(H,27,28,29). The van der Waals surface area contributed by atoms with Crippen molar-refractivity contribution in [2.75, 3.05) is 26.6 Å². The Balaban J connectivity index is 1.66. The molecule has 0 fully saturated rings. The molecule has 0 radical (unpaired) electrons. The van der Waals surface area contributed by atoms with Gasteiger partial charge in [-0.2, -0.15) is 0 Å². The van der Waals surface area contributed by atoms with Crippen LogP contribution >= 0.6 is 0 Å². The van der Waals surface area contributed by atoms with Crippen molar-refractivity contribution in [2.45, 2.75) is 26.4 Å². The number of nitrogens with zero attached hydrogens (tertiary/aromatic N) is 2. The number of rotatable bonds is 8. The monoisotopic (exact) mass is 496 g/mol. The van der Waals surface area contributed by atoms with Crippen molar-refractivity contribution < 1.29 is 9.47 Å². The van der Waals surface area contributed by atoms with Crippen LogP contribution in [-0.4, -0.2) is 45.7 Å². The number of aryl methyl sites for hydroxylation is 1. The number of ether oxygens (including phenoxy) is 2. The maximum absolute atomic E-state index is 5.50. The van der Waals surface area contributed by atoms with E-state index < -0.39 is 0 Å². The van der Waals surface area contributed by atoms with Crippen molar-refractivity contribution in [2.24, 2.45) is 0 Å². The molecule has 32 heavy (non-hydrogen) atoms. The number of aromatic nitrogens is 2. The Hall–Kier alpha value is -2.86. The number of anilines is 1. The molecule has 0 saturated carbocycles. The van der Waals surface area contributed by atoms with Crippen molar-refractivity contribution in [1.82, 2.24) is 15.3 Å². The van der Waals surface area contributed by atoms with Gasteiger partial charge in [-0.25, -0.2) is 0 Å². The first kappa shape index (κ1) is 22.3. The van der Waals surface area contributed by atoms with Gasteiger partial charge in [-0.1, -0.05) is 0 Å². The van der Waals surface area contributed by atoms with E-state index in [1.165, 1.54) is 21.1 Å². The number of benzene rings is 2. The molecule has 0 aliphatic rings. The molecule has 1 atom stereocenters. The van der Waals surface area contributed by atoms with Crippen LogP contribution in [0.3, 0.4) is 0 Å². The van der Waals surface area contributed by atoms with Gasteiger partial charge in [0, 0.05) is 0 Å². The van der Waals surface area contributed by atoms with Gasteiger partial charge < -0.3 is 0 Å². The summed E-state index contributed by atoms with van der Waals surface area (Å²) in [5.74, 6) is 2.84. The molecule has 0 aliphatic carbocycles. The fourth-order valence-electron chi connectivity index (χ4n) is 3.83. The molecule has 2 heterocycles. The van der Waals surface area contributed by atoms with Gasteiger partial charge in [-0.05, 0) is 0 Å². The number of hydrogen-bond donors (Lipinski definition) is 2. The van der Waals surface area contributed by atoms with Crippen LogP contribution in [0, 0.1) is 6.92 Å². The first-order chi connectivity index (χ1) is 15.5. The average molecular weight is 495 g/mol. The zero-order valence-electron chi connectivity index (χ0n) is 19.0. The van der Waals surface area contributed by atoms with Crippen LogP contribution in [0.5, 0.6) is 11.5 Å². The van der Waals surface area contributed by atoms with E-state index in [-0.39, 0.29) is 20.5 Å². The van der Waals surface area contributed by atoms with Gasteiger partial charge in [0.2, 0.25) is 0 Å². The van der Waals surface area contributed by atoms with Crippen LogP contribution < -0.4 is 20.1 Å². The van der Waals surface area contributed by atoms with Crippen LogP contribution in [0.4, 0.5) is 5.82 Å². The predicted molar refractivity (Wildman–Crippen MR) is 131 cm³/mol. The number of hydrogen-bond acceptors (Lipinski definition) is 6. The second-order valence-electron chi connectivity index (χ2n) is 7.64. The second kappa shape index (κ2) is 9.74. The third-order valence-corrected chi connectivity index (χ3v) is 7.75. The number of nitrogens with one attached hydrogen (secondary N) is 2. The van der Waals surface area contributed by atoms with Gasteiger partial charge in [0.1, 0.15) is 0 Å². The molecule has 0 spiro atoms. The van der Waals surface area contributed by atoms with E-state index in [0.29, 0.717) is 17.3 Å². The fraction of sp³-hybridized carbons (Fsp3) is 0.280. The molecule has 6 nitrogen and oxygen atoms in total. The molecule has 166 valence electrons. The summed E-state index contributed by atoms with van der Waals surface area (Å²) in [4.78, 5) is 11.7. The van der Waals surface area contributed by atoms with Crippen molar-refractivity contribution >= 4 is 31.2 Å². The normalized spacial score (nSPS) is 12.0. The second-order valence-corrected chi connectivity index (χ2v) is 9.61. The SMILES string of the molecule is CNCc1ccccc1-c1c[se]c(C(C)Nc2nc(C)nc3cc(OC)c(OC)cc23)c1. The van der Waals surface area contributed by atoms with Crippen molar-refractivity contribution in [3.05, 3.63) is 63.2 Å². The summed E-state index contributed by atoms with van der Waals surface area (Å²) in [5.41, 5.74) is 4.74. The van der Waals surface area contributed by atoms with E-state index >= 15 is 0 Å². The Kier molecular flexibility index (Phi) is 6.80. The van der Waals surface area contributed by atoms with Crippen molar-refractivity contribution in [1.29, 1.82) is 0 Å². The number of methoxy groups -OCH3 is 2. The third kappa shape index (κ3) is 4.51. The Labute approximate surface area is 194 Å². The van der Waals surface area contributed by atoms with E-state index in [4.69, 9.17) is 14.5 Å². The first-order valence-electron chi connectivity index (χ1n) is 10.5. The minimum atomic E-state index is 0.144. The van der Waals surface area contributed by atoms with Gasteiger partial charge >= 0.3 is 195 Å². The van der Waals surface area contributed by atoms with Gasteiger partial charge in [0.15, 0.2) is 0 Å². The summed E-state index contributed by atoms with van der Waals surface area (Å²) in [6.07, 6.45) is 0. The molecule has 0 amide bonds. The molecule has 4 rings (SSSR count). The zero-order valence-corrected chi connectivity index (χ0v) is 20.7. The van der Waals surface area contributed by atoms with Gasteiger partial charge in [0.25, 0.3) is 0 Å². The van der Waals surface area contributed by atoms with E-state index in [9.17, 15) is 0 Å². The molecule has 7 heteroatoms. The molecular weight excluding hydrogens is 467 g/mol. The summed E-state index contributed by atoms with van der Waals surface area (Å²) in [6.45, 7) is 4.95. The first-order valence-corrected chi connectivity index (χ1v) is 12.4.